The number of para-hydroxylation sites is 1. The van der Waals surface area contributed by atoms with E-state index in [-0.39, 0.29) is 5.57 Å². The lowest BCUT2D eigenvalue weighted by Gasteiger charge is -2.23. The summed E-state index contributed by atoms with van der Waals surface area (Å²) >= 11 is 1.34. The predicted octanol–water partition coefficient (Wildman–Crippen LogP) is 4.48. The van der Waals surface area contributed by atoms with Gasteiger partial charge >= 0.3 is 6.18 Å². The van der Waals surface area contributed by atoms with Gasteiger partial charge in [-0.2, -0.15) is 18.4 Å². The van der Waals surface area contributed by atoms with Gasteiger partial charge in [0.2, 0.25) is 0 Å². The first-order chi connectivity index (χ1) is 10.9. The molecule has 0 spiro atoms. The van der Waals surface area contributed by atoms with Crippen LogP contribution >= 0.6 is 11.3 Å². The summed E-state index contributed by atoms with van der Waals surface area (Å²) in [4.78, 5) is 5.70. The summed E-state index contributed by atoms with van der Waals surface area (Å²) in [7, 11) is 1.48. The number of fused-ring (bicyclic) bond motifs is 1. The quantitative estimate of drug-likeness (QED) is 0.723. The molecular formula is C16H10F3N3S. The van der Waals surface area contributed by atoms with E-state index >= 15 is 0 Å². The monoisotopic (exact) mass is 333 g/mol. The van der Waals surface area contributed by atoms with Crippen LogP contribution in [-0.4, -0.2) is 23.1 Å². The predicted molar refractivity (Wildman–Crippen MR) is 83.2 cm³/mol. The Bertz CT molecular complexity index is 864. The Morgan fingerprint density at radius 3 is 2.61 bits per heavy atom. The maximum atomic E-state index is 12.7. The summed E-state index contributed by atoms with van der Waals surface area (Å²) in [5.74, 6) is 0. The Morgan fingerprint density at radius 2 is 2.00 bits per heavy atom. The highest BCUT2D eigenvalue weighted by molar-refractivity contribution is 7.19. The van der Waals surface area contributed by atoms with Crippen molar-refractivity contribution in [3.63, 3.8) is 0 Å². The van der Waals surface area contributed by atoms with Crippen LogP contribution in [0.1, 0.15) is 5.01 Å². The third-order valence-corrected chi connectivity index (χ3v) is 4.39. The molecule has 0 N–H and O–H groups in total. The van der Waals surface area contributed by atoms with Crippen molar-refractivity contribution in [2.24, 2.45) is 0 Å². The van der Waals surface area contributed by atoms with Crippen molar-refractivity contribution in [2.75, 3.05) is 7.05 Å². The minimum Gasteiger partial charge on any atom is -0.349 e. The number of thiazole rings is 1. The molecule has 3 rings (SSSR count). The normalized spacial score (nSPS) is 17.2. The van der Waals surface area contributed by atoms with Crippen LogP contribution in [0, 0.1) is 11.3 Å². The zero-order chi connectivity index (χ0) is 16.6. The number of hydrogen-bond acceptors (Lipinski definition) is 4. The van der Waals surface area contributed by atoms with Crippen molar-refractivity contribution in [1.29, 1.82) is 5.26 Å². The third kappa shape index (κ3) is 2.85. The SMILES string of the molecule is CN1C=C(C(F)(F)F)C=C/C1=C(/C#N)c1nc2ccccc2s1. The summed E-state index contributed by atoms with van der Waals surface area (Å²) in [6.45, 7) is 0. The van der Waals surface area contributed by atoms with Crippen molar-refractivity contribution in [2.45, 2.75) is 6.18 Å². The van der Waals surface area contributed by atoms with Gasteiger partial charge in [-0.25, -0.2) is 4.98 Å². The van der Waals surface area contributed by atoms with Crippen molar-refractivity contribution in [3.8, 4) is 6.07 Å². The fraction of sp³-hybridized carbons (Fsp3) is 0.125. The fourth-order valence-corrected chi connectivity index (χ4v) is 3.20. The molecule has 7 heteroatoms. The first-order valence-corrected chi connectivity index (χ1v) is 7.42. The molecule has 2 heterocycles. The third-order valence-electron chi connectivity index (χ3n) is 3.34. The Morgan fingerprint density at radius 1 is 1.26 bits per heavy atom. The van der Waals surface area contributed by atoms with Gasteiger partial charge in [0.15, 0.2) is 0 Å². The van der Waals surface area contributed by atoms with E-state index in [1.54, 1.807) is 0 Å². The average Bonchev–Trinajstić information content (AvgIpc) is 2.92. The minimum atomic E-state index is -4.42. The summed E-state index contributed by atoms with van der Waals surface area (Å²) in [5.41, 5.74) is 0.641. The molecule has 0 saturated heterocycles. The first kappa shape index (κ1) is 15.3. The zero-order valence-electron chi connectivity index (χ0n) is 11.9. The Labute approximate surface area is 134 Å². The van der Waals surface area contributed by atoms with Gasteiger partial charge in [-0.15, -0.1) is 11.3 Å². The van der Waals surface area contributed by atoms with E-state index in [0.717, 1.165) is 22.5 Å². The molecule has 0 fully saturated rings. The standard InChI is InChI=1S/C16H10F3N3S/c1-22-9-10(16(17,18)19)6-7-13(22)11(8-20)15-21-12-4-2-3-5-14(12)23-15/h2-7,9H,1H3/b13-11+. The number of aromatic nitrogens is 1. The maximum Gasteiger partial charge on any atom is 0.417 e. The molecule has 0 unspecified atom stereocenters. The van der Waals surface area contributed by atoms with E-state index in [1.165, 1.54) is 29.4 Å². The lowest BCUT2D eigenvalue weighted by molar-refractivity contribution is -0.0892. The van der Waals surface area contributed by atoms with Crippen LogP contribution in [0.2, 0.25) is 0 Å². The van der Waals surface area contributed by atoms with Crippen LogP contribution in [0.25, 0.3) is 15.8 Å². The van der Waals surface area contributed by atoms with E-state index < -0.39 is 11.7 Å². The number of likely N-dealkylation sites (N-methyl/N-ethyl adjacent to an activating group) is 1. The van der Waals surface area contributed by atoms with Gasteiger partial charge < -0.3 is 4.90 Å². The number of halogens is 3. The Hall–Kier alpha value is -2.59. The molecule has 23 heavy (non-hydrogen) atoms. The number of rotatable bonds is 1. The lowest BCUT2D eigenvalue weighted by atomic mass is 10.1. The van der Waals surface area contributed by atoms with E-state index in [1.807, 2.05) is 24.3 Å². The van der Waals surface area contributed by atoms with Crippen LogP contribution in [0.5, 0.6) is 0 Å². The van der Waals surface area contributed by atoms with Crippen LogP contribution in [-0.2, 0) is 0 Å². The molecule has 0 aliphatic carbocycles. The zero-order valence-corrected chi connectivity index (χ0v) is 12.7. The molecule has 3 nitrogen and oxygen atoms in total. The molecular weight excluding hydrogens is 323 g/mol. The van der Waals surface area contributed by atoms with Crippen molar-refractivity contribution in [3.05, 3.63) is 58.9 Å². The summed E-state index contributed by atoms with van der Waals surface area (Å²) in [6, 6.07) is 9.49. The van der Waals surface area contributed by atoms with Gasteiger partial charge in [0, 0.05) is 13.2 Å². The van der Waals surface area contributed by atoms with Crippen LogP contribution < -0.4 is 0 Å². The van der Waals surface area contributed by atoms with Crippen molar-refractivity contribution in [1.82, 2.24) is 9.88 Å². The molecule has 1 aromatic heterocycles. The van der Waals surface area contributed by atoms with E-state index in [2.05, 4.69) is 11.1 Å². The van der Waals surface area contributed by atoms with Crippen LogP contribution in [0.3, 0.4) is 0 Å². The Kier molecular flexibility index (Phi) is 3.70. The smallest absolute Gasteiger partial charge is 0.349 e. The van der Waals surface area contributed by atoms with Gasteiger partial charge in [0.25, 0.3) is 0 Å². The second-order valence-corrected chi connectivity index (χ2v) is 5.92. The maximum absolute atomic E-state index is 12.7. The number of allylic oxidation sites excluding steroid dienone is 4. The van der Waals surface area contributed by atoms with Crippen molar-refractivity contribution < 1.29 is 13.2 Å². The van der Waals surface area contributed by atoms with E-state index in [4.69, 9.17) is 0 Å². The number of nitrogens with zero attached hydrogens (tertiary/aromatic N) is 3. The average molecular weight is 333 g/mol. The highest BCUT2D eigenvalue weighted by atomic mass is 32.1. The largest absolute Gasteiger partial charge is 0.417 e. The molecule has 1 aliphatic rings. The highest BCUT2D eigenvalue weighted by Gasteiger charge is 2.34. The topological polar surface area (TPSA) is 39.9 Å². The molecule has 116 valence electrons. The van der Waals surface area contributed by atoms with Crippen LogP contribution in [0.15, 0.2) is 53.9 Å². The molecule has 1 aliphatic heterocycles. The number of hydrogen-bond donors (Lipinski definition) is 0. The van der Waals surface area contributed by atoms with Gasteiger partial charge in [-0.3, -0.25) is 0 Å². The molecule has 0 radical (unpaired) electrons. The molecule has 0 saturated carbocycles. The van der Waals surface area contributed by atoms with E-state index in [9.17, 15) is 18.4 Å². The fourth-order valence-electron chi connectivity index (χ4n) is 2.23. The Balaban J connectivity index is 2.07. The van der Waals surface area contributed by atoms with Gasteiger partial charge in [0.1, 0.15) is 16.6 Å². The molecule has 2 aromatic rings. The van der Waals surface area contributed by atoms with E-state index in [0.29, 0.717) is 10.7 Å². The minimum absolute atomic E-state index is 0.252. The first-order valence-electron chi connectivity index (χ1n) is 6.60. The second kappa shape index (κ2) is 5.56. The lowest BCUT2D eigenvalue weighted by Crippen LogP contribution is -2.20. The molecule has 0 bridgehead atoms. The number of nitriles is 1. The molecule has 0 amide bonds. The number of alkyl halides is 3. The highest BCUT2D eigenvalue weighted by Crippen LogP contribution is 2.34. The van der Waals surface area contributed by atoms with Gasteiger partial charge in [-0.1, -0.05) is 12.1 Å². The van der Waals surface area contributed by atoms with Crippen molar-refractivity contribution >= 4 is 27.1 Å². The molecule has 1 aromatic carbocycles. The second-order valence-electron chi connectivity index (χ2n) is 4.89. The van der Waals surface area contributed by atoms with Gasteiger partial charge in [-0.05, 0) is 24.3 Å². The van der Waals surface area contributed by atoms with Gasteiger partial charge in [0.05, 0.1) is 21.5 Å². The number of benzene rings is 1. The summed E-state index contributed by atoms with van der Waals surface area (Å²) in [5, 5.41) is 9.95. The van der Waals surface area contributed by atoms with Crippen LogP contribution in [0.4, 0.5) is 13.2 Å². The summed E-state index contributed by atoms with van der Waals surface area (Å²) < 4.78 is 39.2. The summed E-state index contributed by atoms with van der Waals surface area (Å²) in [6.07, 6.45) is -1.17. The molecule has 0 atom stereocenters.